The van der Waals surface area contributed by atoms with Crippen molar-refractivity contribution in [2.75, 3.05) is 25.5 Å². The van der Waals surface area contributed by atoms with Crippen molar-refractivity contribution in [3.63, 3.8) is 0 Å². The van der Waals surface area contributed by atoms with Gasteiger partial charge >= 0.3 is 6.18 Å². The Morgan fingerprint density at radius 1 is 1.18 bits per heavy atom. The molecule has 1 aliphatic rings. The summed E-state index contributed by atoms with van der Waals surface area (Å²) in [5.74, 6) is 0.680. The Labute approximate surface area is 161 Å². The number of hydrogen-bond acceptors (Lipinski definition) is 4. The maximum absolute atomic E-state index is 12.8. The van der Waals surface area contributed by atoms with Crippen LogP contribution in [-0.2, 0) is 6.18 Å². The third kappa shape index (κ3) is 3.69. The van der Waals surface area contributed by atoms with E-state index >= 15 is 0 Å². The number of hydrogen-bond donors (Lipinski definition) is 2. The minimum Gasteiger partial charge on any atom is -0.363 e. The smallest absolute Gasteiger partial charge is 0.363 e. The summed E-state index contributed by atoms with van der Waals surface area (Å²) in [6, 6.07) is 7.28. The van der Waals surface area contributed by atoms with E-state index < -0.39 is 11.7 Å². The van der Waals surface area contributed by atoms with Crippen LogP contribution in [0, 0.1) is 6.92 Å². The molecule has 0 radical (unpaired) electrons. The highest BCUT2D eigenvalue weighted by atomic mass is 19.4. The molecule has 1 aromatic carbocycles. The number of nitrogens with one attached hydrogen (secondary N) is 2. The van der Waals surface area contributed by atoms with E-state index in [4.69, 9.17) is 0 Å². The summed E-state index contributed by atoms with van der Waals surface area (Å²) in [6.07, 6.45) is -2.17. The Bertz CT molecular complexity index is 978. The normalized spacial score (nSPS) is 18.5. The predicted octanol–water partition coefficient (Wildman–Crippen LogP) is 4.46. The molecule has 0 spiro atoms. The minimum atomic E-state index is -4.36. The second-order valence-electron chi connectivity index (χ2n) is 7.46. The lowest BCUT2D eigenvalue weighted by molar-refractivity contribution is -0.137. The highest BCUT2D eigenvalue weighted by Gasteiger charge is 2.30. The second-order valence-corrected chi connectivity index (χ2v) is 7.46. The van der Waals surface area contributed by atoms with Gasteiger partial charge in [0.25, 0.3) is 0 Å². The number of halogens is 3. The molecular weight excluding hydrogens is 367 g/mol. The van der Waals surface area contributed by atoms with E-state index in [1.54, 1.807) is 0 Å². The quantitative estimate of drug-likeness (QED) is 0.695. The third-order valence-corrected chi connectivity index (χ3v) is 5.15. The van der Waals surface area contributed by atoms with Crippen molar-refractivity contribution in [2.24, 2.45) is 0 Å². The van der Waals surface area contributed by atoms with Crippen LogP contribution in [0.25, 0.3) is 22.2 Å². The van der Waals surface area contributed by atoms with Gasteiger partial charge in [0, 0.05) is 29.2 Å². The number of aromatic amines is 1. The van der Waals surface area contributed by atoms with E-state index in [-0.39, 0.29) is 6.04 Å². The van der Waals surface area contributed by atoms with E-state index in [9.17, 15) is 13.2 Å². The molecule has 1 aliphatic heterocycles. The fourth-order valence-corrected chi connectivity index (χ4v) is 3.78. The summed E-state index contributed by atoms with van der Waals surface area (Å²) in [5, 5.41) is 13.0. The van der Waals surface area contributed by atoms with E-state index in [0.29, 0.717) is 17.1 Å². The highest BCUT2D eigenvalue weighted by molar-refractivity contribution is 5.98. The molecule has 0 unspecified atom stereocenters. The fraction of sp³-hybridized carbons (Fsp3) is 0.400. The zero-order valence-electron chi connectivity index (χ0n) is 15.8. The molecule has 4 rings (SSSR count). The van der Waals surface area contributed by atoms with Crippen LogP contribution in [0.15, 0.2) is 30.3 Å². The number of aromatic nitrogens is 3. The summed E-state index contributed by atoms with van der Waals surface area (Å²) < 4.78 is 38.5. The Morgan fingerprint density at radius 2 is 1.93 bits per heavy atom. The van der Waals surface area contributed by atoms with Gasteiger partial charge < -0.3 is 15.2 Å². The van der Waals surface area contributed by atoms with Gasteiger partial charge in [0.05, 0.1) is 11.1 Å². The van der Waals surface area contributed by atoms with Gasteiger partial charge in [-0.3, -0.25) is 0 Å². The molecule has 148 valence electrons. The molecule has 5 nitrogen and oxygen atoms in total. The molecule has 0 saturated carbocycles. The number of H-pyrrole nitrogens is 1. The number of aryl methyl sites for hydroxylation is 1. The number of alkyl halides is 3. The molecule has 8 heteroatoms. The summed E-state index contributed by atoms with van der Waals surface area (Å²) in [4.78, 5) is 5.60. The zero-order chi connectivity index (χ0) is 19.9. The number of piperidine rings is 1. The van der Waals surface area contributed by atoms with Gasteiger partial charge in [-0.15, -0.1) is 10.2 Å². The van der Waals surface area contributed by atoms with E-state index in [1.165, 1.54) is 12.1 Å². The molecule has 1 fully saturated rings. The molecule has 1 saturated heterocycles. The van der Waals surface area contributed by atoms with Crippen molar-refractivity contribution in [1.82, 2.24) is 20.1 Å². The van der Waals surface area contributed by atoms with Gasteiger partial charge in [-0.1, -0.05) is 12.1 Å². The zero-order valence-corrected chi connectivity index (χ0v) is 15.8. The molecule has 3 heterocycles. The molecule has 0 aliphatic carbocycles. The number of rotatable bonds is 3. The topological polar surface area (TPSA) is 56.8 Å². The van der Waals surface area contributed by atoms with Crippen molar-refractivity contribution >= 4 is 16.7 Å². The molecule has 2 aromatic heterocycles. The molecule has 0 bridgehead atoms. The van der Waals surface area contributed by atoms with E-state index in [2.05, 4.69) is 32.4 Å². The van der Waals surface area contributed by atoms with Crippen LogP contribution in [0.2, 0.25) is 0 Å². The predicted molar refractivity (Wildman–Crippen MR) is 103 cm³/mol. The molecule has 0 amide bonds. The maximum atomic E-state index is 12.8. The summed E-state index contributed by atoms with van der Waals surface area (Å²) >= 11 is 0. The Hall–Kier alpha value is -2.61. The van der Waals surface area contributed by atoms with Crippen molar-refractivity contribution in [1.29, 1.82) is 0 Å². The monoisotopic (exact) mass is 389 g/mol. The molecular formula is C20H22F3N5. The highest BCUT2D eigenvalue weighted by Crippen LogP contribution is 2.34. The van der Waals surface area contributed by atoms with Gasteiger partial charge in [-0.2, -0.15) is 13.2 Å². The first-order valence-electron chi connectivity index (χ1n) is 9.30. The van der Waals surface area contributed by atoms with Gasteiger partial charge in [0.2, 0.25) is 0 Å². The number of anilines is 1. The standard InChI is InChI=1S/C20H22F3N5/c1-12-10-16-17(13-5-7-14(8-6-13)20(21,22)23)26-27-19(18(16)24-12)25-15-4-3-9-28(2)11-15/h5-8,10,15,24H,3-4,9,11H2,1-2H3,(H,25,27)/t15-/m1/s1. The Balaban J connectivity index is 1.69. The first-order valence-corrected chi connectivity index (χ1v) is 9.30. The van der Waals surface area contributed by atoms with E-state index in [1.807, 2.05) is 13.0 Å². The SMILES string of the molecule is Cc1cc2c(-c3ccc(C(F)(F)F)cc3)nnc(N[C@@H]3CCCN(C)C3)c2[nH]1. The minimum absolute atomic E-state index is 0.289. The summed E-state index contributed by atoms with van der Waals surface area (Å²) in [7, 11) is 2.10. The number of fused-ring (bicyclic) bond motifs is 1. The number of likely N-dealkylation sites (tertiary alicyclic amines) is 1. The number of nitrogens with zero attached hydrogens (tertiary/aromatic N) is 3. The third-order valence-electron chi connectivity index (χ3n) is 5.15. The van der Waals surface area contributed by atoms with Gasteiger partial charge in [0.1, 0.15) is 5.69 Å². The van der Waals surface area contributed by atoms with Crippen LogP contribution in [0.1, 0.15) is 24.1 Å². The lowest BCUT2D eigenvalue weighted by Crippen LogP contribution is -2.40. The lowest BCUT2D eigenvalue weighted by Gasteiger charge is -2.30. The van der Waals surface area contributed by atoms with Crippen molar-refractivity contribution in [3.05, 3.63) is 41.6 Å². The van der Waals surface area contributed by atoms with Crippen molar-refractivity contribution in [3.8, 4) is 11.3 Å². The first-order chi connectivity index (χ1) is 13.3. The van der Waals surface area contributed by atoms with Crippen LogP contribution in [0.3, 0.4) is 0 Å². The van der Waals surface area contributed by atoms with Gasteiger partial charge in [-0.25, -0.2) is 0 Å². The Morgan fingerprint density at radius 3 is 2.61 bits per heavy atom. The van der Waals surface area contributed by atoms with E-state index in [0.717, 1.165) is 54.7 Å². The fourth-order valence-electron chi connectivity index (χ4n) is 3.78. The second kappa shape index (κ2) is 7.09. The average molecular weight is 389 g/mol. The van der Waals surface area contributed by atoms with Crippen LogP contribution >= 0.6 is 0 Å². The Kier molecular flexibility index (Phi) is 4.74. The summed E-state index contributed by atoms with van der Waals surface area (Å²) in [6.45, 7) is 3.96. The lowest BCUT2D eigenvalue weighted by atomic mass is 10.0. The molecule has 28 heavy (non-hydrogen) atoms. The van der Waals surface area contributed by atoms with Crippen molar-refractivity contribution in [2.45, 2.75) is 32.0 Å². The molecule has 3 aromatic rings. The van der Waals surface area contributed by atoms with Crippen LogP contribution in [-0.4, -0.2) is 46.3 Å². The molecule has 2 N–H and O–H groups in total. The van der Waals surface area contributed by atoms with Gasteiger partial charge in [0.15, 0.2) is 5.82 Å². The van der Waals surface area contributed by atoms with Crippen LogP contribution in [0.4, 0.5) is 19.0 Å². The summed E-state index contributed by atoms with van der Waals surface area (Å²) in [5.41, 5.74) is 2.27. The van der Waals surface area contributed by atoms with Gasteiger partial charge in [-0.05, 0) is 51.6 Å². The molecule has 1 atom stereocenters. The van der Waals surface area contributed by atoms with Crippen LogP contribution in [0.5, 0.6) is 0 Å². The maximum Gasteiger partial charge on any atom is 0.416 e. The first kappa shape index (κ1) is 18.7. The largest absolute Gasteiger partial charge is 0.416 e. The van der Waals surface area contributed by atoms with Crippen LogP contribution < -0.4 is 5.32 Å². The number of benzene rings is 1. The number of likely N-dealkylation sites (N-methyl/N-ethyl adjacent to an activating group) is 1. The van der Waals surface area contributed by atoms with Crippen molar-refractivity contribution < 1.29 is 13.2 Å². The average Bonchev–Trinajstić information content (AvgIpc) is 3.03.